The Bertz CT molecular complexity index is 535. The predicted molar refractivity (Wildman–Crippen MR) is 86.9 cm³/mol. The zero-order chi connectivity index (χ0) is 14.4. The molecule has 1 heterocycles. The largest absolute Gasteiger partial charge is 0.466 e. The summed E-state index contributed by atoms with van der Waals surface area (Å²) >= 11 is 3.57. The summed E-state index contributed by atoms with van der Waals surface area (Å²) in [4.78, 5) is 0. The lowest BCUT2D eigenvalue weighted by Gasteiger charge is -2.17. The standard InChI is InChI=1S/C17H22BrNO/c1-3-11-19-16(17-15(18)10-12-20-17)9-8-14-7-5-4-6-13(14)2/h4-7,10,12,16,19H,3,8-9,11H2,1-2H3. The van der Waals surface area contributed by atoms with Crippen LogP contribution in [0.25, 0.3) is 0 Å². The van der Waals surface area contributed by atoms with Crippen molar-refractivity contribution in [3.05, 3.63) is 58.0 Å². The van der Waals surface area contributed by atoms with E-state index in [4.69, 9.17) is 4.42 Å². The molecule has 0 amide bonds. The van der Waals surface area contributed by atoms with Crippen LogP contribution in [0.2, 0.25) is 0 Å². The molecule has 1 aromatic carbocycles. The summed E-state index contributed by atoms with van der Waals surface area (Å²) in [5.74, 6) is 1.01. The third-order valence-electron chi connectivity index (χ3n) is 3.57. The first kappa shape index (κ1) is 15.3. The molecule has 3 heteroatoms. The second kappa shape index (κ2) is 7.65. The van der Waals surface area contributed by atoms with Gasteiger partial charge >= 0.3 is 0 Å². The topological polar surface area (TPSA) is 25.2 Å². The first-order valence-corrected chi connectivity index (χ1v) is 8.02. The molecule has 0 bridgehead atoms. The van der Waals surface area contributed by atoms with Crippen molar-refractivity contribution in [3.8, 4) is 0 Å². The van der Waals surface area contributed by atoms with Crippen molar-refractivity contribution in [1.29, 1.82) is 0 Å². The van der Waals surface area contributed by atoms with Gasteiger partial charge in [0.1, 0.15) is 5.76 Å². The fraction of sp³-hybridized carbons (Fsp3) is 0.412. The van der Waals surface area contributed by atoms with Crippen LogP contribution in [-0.4, -0.2) is 6.54 Å². The smallest absolute Gasteiger partial charge is 0.134 e. The molecule has 0 fully saturated rings. The Balaban J connectivity index is 2.05. The molecule has 0 saturated heterocycles. The number of aryl methyl sites for hydroxylation is 2. The van der Waals surface area contributed by atoms with Crippen LogP contribution < -0.4 is 5.32 Å². The number of hydrogen-bond donors (Lipinski definition) is 1. The van der Waals surface area contributed by atoms with E-state index in [2.05, 4.69) is 59.4 Å². The lowest BCUT2D eigenvalue weighted by atomic mass is 10.00. The van der Waals surface area contributed by atoms with E-state index in [0.717, 1.165) is 36.0 Å². The Labute approximate surface area is 129 Å². The van der Waals surface area contributed by atoms with Crippen molar-refractivity contribution in [2.24, 2.45) is 0 Å². The van der Waals surface area contributed by atoms with Gasteiger partial charge in [0.25, 0.3) is 0 Å². The Hall–Kier alpha value is -1.06. The number of benzene rings is 1. The molecule has 1 aromatic heterocycles. The molecule has 0 aliphatic carbocycles. The van der Waals surface area contributed by atoms with Gasteiger partial charge in [0.2, 0.25) is 0 Å². The fourth-order valence-electron chi connectivity index (χ4n) is 2.39. The normalized spacial score (nSPS) is 12.6. The molecule has 0 aliphatic heterocycles. The molecule has 0 saturated carbocycles. The van der Waals surface area contributed by atoms with Crippen molar-refractivity contribution in [3.63, 3.8) is 0 Å². The number of halogens is 1. The van der Waals surface area contributed by atoms with Crippen molar-refractivity contribution in [2.45, 2.75) is 39.2 Å². The molecule has 2 rings (SSSR count). The second-order valence-electron chi connectivity index (χ2n) is 5.10. The van der Waals surface area contributed by atoms with Gasteiger partial charge in [-0.15, -0.1) is 0 Å². The van der Waals surface area contributed by atoms with E-state index < -0.39 is 0 Å². The van der Waals surface area contributed by atoms with Crippen LogP contribution in [0.1, 0.15) is 42.7 Å². The number of furan rings is 1. The summed E-state index contributed by atoms with van der Waals surface area (Å²) in [5, 5.41) is 3.58. The molecule has 2 aromatic rings. The highest BCUT2D eigenvalue weighted by atomic mass is 79.9. The SMILES string of the molecule is CCCNC(CCc1ccccc1C)c1occc1Br. The van der Waals surface area contributed by atoms with Crippen LogP contribution in [0.3, 0.4) is 0 Å². The average Bonchev–Trinajstić information content (AvgIpc) is 2.87. The molecular weight excluding hydrogens is 314 g/mol. The lowest BCUT2D eigenvalue weighted by molar-refractivity contribution is 0.393. The number of hydrogen-bond acceptors (Lipinski definition) is 2. The van der Waals surface area contributed by atoms with Gasteiger partial charge < -0.3 is 9.73 Å². The first-order chi connectivity index (χ1) is 9.72. The summed E-state index contributed by atoms with van der Waals surface area (Å²) in [6.07, 6.45) is 4.96. The molecule has 20 heavy (non-hydrogen) atoms. The van der Waals surface area contributed by atoms with Gasteiger partial charge in [-0.05, 0) is 65.9 Å². The highest BCUT2D eigenvalue weighted by molar-refractivity contribution is 9.10. The van der Waals surface area contributed by atoms with E-state index in [0.29, 0.717) is 0 Å². The van der Waals surface area contributed by atoms with Crippen LogP contribution in [-0.2, 0) is 6.42 Å². The monoisotopic (exact) mass is 335 g/mol. The van der Waals surface area contributed by atoms with Crippen LogP contribution in [0.5, 0.6) is 0 Å². The van der Waals surface area contributed by atoms with Gasteiger partial charge in [-0.3, -0.25) is 0 Å². The molecule has 1 atom stereocenters. The molecule has 1 unspecified atom stereocenters. The second-order valence-corrected chi connectivity index (χ2v) is 5.96. The Morgan fingerprint density at radius 1 is 1.25 bits per heavy atom. The molecule has 0 radical (unpaired) electrons. The summed E-state index contributed by atoms with van der Waals surface area (Å²) in [6.45, 7) is 5.36. The predicted octanol–water partition coefficient (Wildman–Crippen LogP) is 5.02. The molecule has 1 N–H and O–H groups in total. The van der Waals surface area contributed by atoms with Crippen LogP contribution in [0.4, 0.5) is 0 Å². The van der Waals surface area contributed by atoms with Crippen molar-refractivity contribution in [1.82, 2.24) is 5.32 Å². The molecule has 2 nitrogen and oxygen atoms in total. The lowest BCUT2D eigenvalue weighted by Crippen LogP contribution is -2.22. The van der Waals surface area contributed by atoms with Gasteiger partial charge in [-0.2, -0.15) is 0 Å². The molecule has 0 spiro atoms. The fourth-order valence-corrected chi connectivity index (χ4v) is 2.87. The minimum absolute atomic E-state index is 0.263. The Morgan fingerprint density at radius 2 is 2.05 bits per heavy atom. The zero-order valence-corrected chi connectivity index (χ0v) is 13.7. The summed E-state index contributed by atoms with van der Waals surface area (Å²) < 4.78 is 6.68. The maximum absolute atomic E-state index is 5.63. The van der Waals surface area contributed by atoms with Crippen molar-refractivity contribution >= 4 is 15.9 Å². The van der Waals surface area contributed by atoms with E-state index in [1.165, 1.54) is 11.1 Å². The quantitative estimate of drug-likeness (QED) is 0.768. The van der Waals surface area contributed by atoms with Crippen molar-refractivity contribution < 1.29 is 4.42 Å². The third-order valence-corrected chi connectivity index (χ3v) is 4.22. The summed E-state index contributed by atoms with van der Waals surface area (Å²) in [6, 6.07) is 10.8. The highest BCUT2D eigenvalue weighted by Gasteiger charge is 2.17. The van der Waals surface area contributed by atoms with Gasteiger partial charge in [0, 0.05) is 0 Å². The first-order valence-electron chi connectivity index (χ1n) is 7.23. The van der Waals surface area contributed by atoms with Gasteiger partial charge in [0.15, 0.2) is 0 Å². The zero-order valence-electron chi connectivity index (χ0n) is 12.2. The van der Waals surface area contributed by atoms with Gasteiger partial charge in [-0.25, -0.2) is 0 Å². The third kappa shape index (κ3) is 3.97. The van der Waals surface area contributed by atoms with Crippen LogP contribution in [0.15, 0.2) is 45.5 Å². The Kier molecular flexibility index (Phi) is 5.86. The average molecular weight is 336 g/mol. The minimum atomic E-state index is 0.263. The van der Waals surface area contributed by atoms with Gasteiger partial charge in [-0.1, -0.05) is 31.2 Å². The van der Waals surface area contributed by atoms with E-state index in [1.807, 2.05) is 6.07 Å². The van der Waals surface area contributed by atoms with E-state index in [-0.39, 0.29) is 6.04 Å². The van der Waals surface area contributed by atoms with E-state index in [9.17, 15) is 0 Å². The summed E-state index contributed by atoms with van der Waals surface area (Å²) in [5.41, 5.74) is 2.78. The maximum atomic E-state index is 5.63. The van der Waals surface area contributed by atoms with Crippen LogP contribution >= 0.6 is 15.9 Å². The van der Waals surface area contributed by atoms with E-state index >= 15 is 0 Å². The molecule has 0 aliphatic rings. The number of rotatable bonds is 7. The molecule has 108 valence electrons. The van der Waals surface area contributed by atoms with E-state index in [1.54, 1.807) is 6.26 Å². The highest BCUT2D eigenvalue weighted by Crippen LogP contribution is 2.28. The molecular formula is C17H22BrNO. The Morgan fingerprint density at radius 3 is 2.70 bits per heavy atom. The minimum Gasteiger partial charge on any atom is -0.466 e. The van der Waals surface area contributed by atoms with Crippen molar-refractivity contribution in [2.75, 3.05) is 6.54 Å². The summed E-state index contributed by atoms with van der Waals surface area (Å²) in [7, 11) is 0. The number of nitrogens with one attached hydrogen (secondary N) is 1. The van der Waals surface area contributed by atoms with Crippen LogP contribution in [0, 0.1) is 6.92 Å². The maximum Gasteiger partial charge on any atom is 0.134 e. The van der Waals surface area contributed by atoms with Gasteiger partial charge in [0.05, 0.1) is 16.8 Å².